The number of carbonyl (C=O) groups excluding carboxylic acids is 1. The zero-order valence-corrected chi connectivity index (χ0v) is 40.2. The minimum absolute atomic E-state index is 0.0349. The lowest BCUT2D eigenvalue weighted by Crippen LogP contribution is -2.29. The van der Waals surface area contributed by atoms with Crippen molar-refractivity contribution in [1.29, 1.82) is 0 Å². The van der Waals surface area contributed by atoms with E-state index >= 15 is 0 Å². The summed E-state index contributed by atoms with van der Waals surface area (Å²) in [7, 11) is -4.53. The summed E-state index contributed by atoms with van der Waals surface area (Å²) < 4.78 is 33.5. The molecule has 0 aliphatic rings. The van der Waals surface area contributed by atoms with Gasteiger partial charge in [0.2, 0.25) is 0 Å². The van der Waals surface area contributed by atoms with E-state index in [1.54, 1.807) is 0 Å². The monoisotopic (exact) mass is 891 g/mol. The molecule has 0 saturated carbocycles. The number of unbranched alkanes of at least 4 members (excludes halogenated alkanes) is 18. The number of aliphatic hydroxyl groups is 2. The molecule has 0 radical (unpaired) electrons. The van der Waals surface area contributed by atoms with Gasteiger partial charge in [-0.15, -0.1) is 0 Å². The van der Waals surface area contributed by atoms with Gasteiger partial charge in [-0.25, -0.2) is 4.57 Å². The number of phosphoric ester groups is 1. The van der Waals surface area contributed by atoms with Crippen LogP contribution in [0.5, 0.6) is 0 Å². The van der Waals surface area contributed by atoms with E-state index in [0.717, 1.165) is 103 Å². The van der Waals surface area contributed by atoms with Gasteiger partial charge in [-0.05, 0) is 89.9 Å². The van der Waals surface area contributed by atoms with Gasteiger partial charge in [-0.3, -0.25) is 13.8 Å². The maximum Gasteiger partial charge on any atom is 0.472 e. The van der Waals surface area contributed by atoms with Crippen molar-refractivity contribution in [1.82, 2.24) is 0 Å². The van der Waals surface area contributed by atoms with Gasteiger partial charge in [0.1, 0.15) is 12.2 Å². The highest BCUT2D eigenvalue weighted by Gasteiger charge is 2.26. The van der Waals surface area contributed by atoms with Crippen LogP contribution in [0.4, 0.5) is 0 Å². The maximum absolute atomic E-state index is 12.7. The lowest BCUT2D eigenvalue weighted by atomic mass is 10.1. The molecule has 0 amide bonds. The normalized spacial score (nSPS) is 14.6. The van der Waals surface area contributed by atoms with Crippen molar-refractivity contribution < 1.29 is 43.0 Å². The van der Waals surface area contributed by atoms with Crippen LogP contribution in [-0.2, 0) is 27.9 Å². The molecule has 358 valence electrons. The molecule has 9 nitrogen and oxygen atoms in total. The average Bonchev–Trinajstić information content (AvgIpc) is 3.26. The van der Waals surface area contributed by atoms with Crippen molar-refractivity contribution in [2.24, 2.45) is 0 Å². The molecule has 0 rings (SSSR count). The first-order valence-corrected chi connectivity index (χ1v) is 26.1. The summed E-state index contributed by atoms with van der Waals surface area (Å²) in [5, 5.41) is 18.4. The second kappa shape index (κ2) is 48.1. The first-order chi connectivity index (χ1) is 30.3. The van der Waals surface area contributed by atoms with Gasteiger partial charge >= 0.3 is 13.8 Å². The number of phosphoric acid groups is 1. The topological polar surface area (TPSA) is 132 Å². The molecule has 0 aromatic rings. The fourth-order valence-corrected chi connectivity index (χ4v) is 7.14. The van der Waals surface area contributed by atoms with Crippen LogP contribution in [0.15, 0.2) is 85.1 Å². The highest BCUT2D eigenvalue weighted by atomic mass is 31.2. The summed E-state index contributed by atoms with van der Waals surface area (Å²) in [5.41, 5.74) is 0. The Bertz CT molecular complexity index is 1240. The SMILES string of the molecule is CC/C=C\C/C=C\C/C=C\C/C=C\CCCCCCCCCCCOCC(COP(=O)(O)OCC(O)CO)OC(=O)CCCCCCCC/C=C\C/C=C\C/C=C\CCCCC. The van der Waals surface area contributed by atoms with Crippen molar-refractivity contribution in [3.63, 3.8) is 0 Å². The first kappa shape index (κ1) is 59.6. The molecule has 0 aliphatic carbocycles. The lowest BCUT2D eigenvalue weighted by molar-refractivity contribution is -0.154. The van der Waals surface area contributed by atoms with E-state index in [9.17, 15) is 19.4 Å². The smallest absolute Gasteiger partial charge is 0.457 e. The van der Waals surface area contributed by atoms with Crippen LogP contribution in [0.2, 0.25) is 0 Å². The van der Waals surface area contributed by atoms with E-state index in [0.29, 0.717) is 13.0 Å². The van der Waals surface area contributed by atoms with Gasteiger partial charge in [0.25, 0.3) is 0 Å². The van der Waals surface area contributed by atoms with Gasteiger partial charge in [-0.2, -0.15) is 0 Å². The van der Waals surface area contributed by atoms with Crippen LogP contribution in [0.25, 0.3) is 0 Å². The van der Waals surface area contributed by atoms with Crippen LogP contribution in [0, 0.1) is 0 Å². The number of hydrogen-bond donors (Lipinski definition) is 3. The Labute approximate surface area is 379 Å². The second-order valence-electron chi connectivity index (χ2n) is 16.1. The minimum Gasteiger partial charge on any atom is -0.457 e. The van der Waals surface area contributed by atoms with Crippen molar-refractivity contribution in [2.75, 3.05) is 33.0 Å². The molecule has 0 aromatic heterocycles. The summed E-state index contributed by atoms with van der Waals surface area (Å²) in [4.78, 5) is 22.7. The van der Waals surface area contributed by atoms with E-state index in [1.807, 2.05) is 0 Å². The Kier molecular flexibility index (Phi) is 46.3. The number of carbonyl (C=O) groups is 1. The number of allylic oxidation sites excluding steroid dienone is 14. The quantitative estimate of drug-likeness (QED) is 0.0236. The molecule has 3 unspecified atom stereocenters. The number of ether oxygens (including phenoxy) is 2. The minimum atomic E-state index is -4.53. The zero-order chi connectivity index (χ0) is 45.3. The summed E-state index contributed by atoms with van der Waals surface area (Å²) in [6.07, 6.45) is 59.7. The van der Waals surface area contributed by atoms with Gasteiger partial charge in [-0.1, -0.05) is 182 Å². The van der Waals surface area contributed by atoms with Crippen molar-refractivity contribution >= 4 is 13.8 Å². The second-order valence-corrected chi connectivity index (χ2v) is 17.5. The summed E-state index contributed by atoms with van der Waals surface area (Å²) >= 11 is 0. The Balaban J connectivity index is 4.15. The Morgan fingerprint density at radius 2 is 0.919 bits per heavy atom. The maximum atomic E-state index is 12.7. The van der Waals surface area contributed by atoms with Gasteiger partial charge < -0.3 is 24.6 Å². The van der Waals surface area contributed by atoms with Crippen LogP contribution in [0.1, 0.15) is 194 Å². The van der Waals surface area contributed by atoms with Crippen LogP contribution >= 0.6 is 7.82 Å². The predicted octanol–water partition coefficient (Wildman–Crippen LogP) is 14.3. The van der Waals surface area contributed by atoms with E-state index in [4.69, 9.17) is 23.6 Å². The molecular weight excluding hydrogens is 800 g/mol. The van der Waals surface area contributed by atoms with E-state index in [-0.39, 0.29) is 19.6 Å². The van der Waals surface area contributed by atoms with Gasteiger partial charge in [0.05, 0.1) is 26.4 Å². The highest BCUT2D eigenvalue weighted by Crippen LogP contribution is 2.43. The van der Waals surface area contributed by atoms with Crippen molar-refractivity contribution in [2.45, 2.75) is 206 Å². The first-order valence-electron chi connectivity index (χ1n) is 24.6. The summed E-state index contributed by atoms with van der Waals surface area (Å²) in [6.45, 7) is 3.34. The molecule has 0 aliphatic heterocycles. The highest BCUT2D eigenvalue weighted by molar-refractivity contribution is 7.47. The fraction of sp³-hybridized carbons (Fsp3) is 0.712. The summed E-state index contributed by atoms with van der Waals surface area (Å²) in [6, 6.07) is 0. The third-order valence-corrected chi connectivity index (χ3v) is 11.0. The molecule has 0 bridgehead atoms. The number of rotatable bonds is 46. The van der Waals surface area contributed by atoms with Crippen LogP contribution < -0.4 is 0 Å². The molecule has 0 saturated heterocycles. The summed E-state index contributed by atoms with van der Waals surface area (Å²) in [5.74, 6) is -0.400. The zero-order valence-electron chi connectivity index (χ0n) is 39.3. The Hall–Kier alpha value is -2.36. The molecule has 0 aromatic carbocycles. The van der Waals surface area contributed by atoms with Gasteiger partial charge in [0, 0.05) is 13.0 Å². The predicted molar refractivity (Wildman–Crippen MR) is 260 cm³/mol. The largest absolute Gasteiger partial charge is 0.472 e. The van der Waals surface area contributed by atoms with Crippen LogP contribution in [0.3, 0.4) is 0 Å². The average molecular weight is 891 g/mol. The van der Waals surface area contributed by atoms with Crippen molar-refractivity contribution in [3.8, 4) is 0 Å². The number of aliphatic hydroxyl groups excluding tert-OH is 2. The van der Waals surface area contributed by atoms with E-state index in [2.05, 4.69) is 98.9 Å². The Morgan fingerprint density at radius 3 is 1.39 bits per heavy atom. The van der Waals surface area contributed by atoms with E-state index in [1.165, 1.54) is 64.2 Å². The van der Waals surface area contributed by atoms with E-state index < -0.39 is 39.2 Å². The molecule has 10 heteroatoms. The number of esters is 1. The number of hydrogen-bond acceptors (Lipinski definition) is 8. The van der Waals surface area contributed by atoms with Crippen LogP contribution in [-0.4, -0.2) is 66.3 Å². The lowest BCUT2D eigenvalue weighted by Gasteiger charge is -2.20. The Morgan fingerprint density at radius 1 is 0.516 bits per heavy atom. The fourth-order valence-electron chi connectivity index (χ4n) is 6.35. The standard InChI is InChI=1S/C52H91O9P/c1-3-5-7-9-11-13-15-17-19-21-23-24-25-27-29-31-33-35-37-39-41-43-45-58-48-51(49-60-62(56,57)59-47-50(54)46-53)61-52(55)44-42-40-38-36-34-32-30-28-26-22-20-18-16-14-12-10-8-6-4-2/h5,7,11-14,17-20,23-24,26,28,50-51,53-54H,3-4,6,8-10,15-16,21-22,25,27,29-49H2,1-2H3,(H,56,57)/b7-5-,13-11-,14-12-,19-17-,20-18-,24-23-,28-26-. The molecular formula is C52H91O9P. The molecule has 3 N–H and O–H groups in total. The third kappa shape index (κ3) is 47.1. The molecule has 0 fully saturated rings. The molecule has 62 heavy (non-hydrogen) atoms. The molecule has 0 heterocycles. The molecule has 3 atom stereocenters. The van der Waals surface area contributed by atoms with Crippen molar-refractivity contribution in [3.05, 3.63) is 85.1 Å². The molecule has 0 spiro atoms. The van der Waals surface area contributed by atoms with Gasteiger partial charge in [0.15, 0.2) is 0 Å². The third-order valence-electron chi connectivity index (χ3n) is 10.1.